The van der Waals surface area contributed by atoms with Crippen molar-refractivity contribution in [2.24, 2.45) is 5.73 Å². The van der Waals surface area contributed by atoms with Crippen LogP contribution in [0.25, 0.3) is 0 Å². The fraction of sp³-hybridized carbons (Fsp3) is 0.300. The number of fused-ring (bicyclic) bond motifs is 1. The van der Waals surface area contributed by atoms with Gasteiger partial charge in [0.25, 0.3) is 0 Å². The van der Waals surface area contributed by atoms with Crippen molar-refractivity contribution in [3.63, 3.8) is 0 Å². The van der Waals surface area contributed by atoms with Crippen LogP contribution < -0.4 is 15.8 Å². The zero-order valence-corrected chi connectivity index (χ0v) is 9.14. The summed E-state index contributed by atoms with van der Waals surface area (Å²) in [6.07, 6.45) is 0. The molecule has 1 aliphatic heterocycles. The predicted molar refractivity (Wildman–Crippen MR) is 60.7 cm³/mol. The Balaban J connectivity index is 0.00000112. The first-order valence-electron chi connectivity index (χ1n) is 4.45. The zero-order valence-electron chi connectivity index (χ0n) is 8.32. The smallest absolute Gasteiger partial charge is 0.233 e. The molecule has 4 nitrogen and oxygen atoms in total. The molecule has 82 valence electrons. The minimum Gasteiger partial charge on any atom is -0.497 e. The number of benzene rings is 1. The number of nitrogens with two attached hydrogens (primary N) is 1. The van der Waals surface area contributed by atoms with Crippen molar-refractivity contribution in [2.75, 3.05) is 19.0 Å². The highest BCUT2D eigenvalue weighted by Gasteiger charge is 2.29. The van der Waals surface area contributed by atoms with Crippen molar-refractivity contribution in [3.05, 3.63) is 23.8 Å². The van der Waals surface area contributed by atoms with E-state index < -0.39 is 0 Å². The number of rotatable bonds is 2. The summed E-state index contributed by atoms with van der Waals surface area (Å²) in [5.74, 6) is 0.494. The molecular weight excluding hydrogens is 216 g/mol. The van der Waals surface area contributed by atoms with Crippen molar-refractivity contribution >= 4 is 24.0 Å². The van der Waals surface area contributed by atoms with Crippen LogP contribution in [0.3, 0.4) is 0 Å². The maximum absolute atomic E-state index is 11.4. The highest BCUT2D eigenvalue weighted by Crippen LogP contribution is 2.34. The van der Waals surface area contributed by atoms with Crippen molar-refractivity contribution in [1.29, 1.82) is 0 Å². The minimum absolute atomic E-state index is 0. The Morgan fingerprint density at radius 1 is 1.53 bits per heavy atom. The zero-order chi connectivity index (χ0) is 10.1. The molecule has 3 N–H and O–H groups in total. The molecule has 0 fully saturated rings. The van der Waals surface area contributed by atoms with Crippen LogP contribution in [0.15, 0.2) is 18.2 Å². The Morgan fingerprint density at radius 2 is 2.27 bits per heavy atom. The van der Waals surface area contributed by atoms with Gasteiger partial charge in [-0.25, -0.2) is 0 Å². The molecule has 0 aromatic heterocycles. The molecule has 0 saturated heterocycles. The van der Waals surface area contributed by atoms with Gasteiger partial charge < -0.3 is 15.8 Å². The van der Waals surface area contributed by atoms with Gasteiger partial charge in [0.1, 0.15) is 5.75 Å². The van der Waals surface area contributed by atoms with Crippen LogP contribution in [0, 0.1) is 0 Å². The molecule has 1 amide bonds. The van der Waals surface area contributed by atoms with Crippen LogP contribution in [-0.2, 0) is 4.79 Å². The van der Waals surface area contributed by atoms with E-state index in [4.69, 9.17) is 10.5 Å². The van der Waals surface area contributed by atoms with Crippen molar-refractivity contribution in [1.82, 2.24) is 0 Å². The minimum atomic E-state index is -0.212. The topological polar surface area (TPSA) is 64.3 Å². The third-order valence-electron chi connectivity index (χ3n) is 2.45. The third-order valence-corrected chi connectivity index (χ3v) is 2.45. The van der Waals surface area contributed by atoms with Crippen LogP contribution in [0.2, 0.25) is 0 Å². The fourth-order valence-corrected chi connectivity index (χ4v) is 1.67. The molecular formula is C10H13ClN2O2. The number of amides is 1. The first kappa shape index (κ1) is 11.8. The van der Waals surface area contributed by atoms with Crippen LogP contribution >= 0.6 is 12.4 Å². The fourth-order valence-electron chi connectivity index (χ4n) is 1.67. The van der Waals surface area contributed by atoms with Crippen LogP contribution in [0.1, 0.15) is 11.5 Å². The Hall–Kier alpha value is -1.26. The summed E-state index contributed by atoms with van der Waals surface area (Å²) in [5.41, 5.74) is 7.28. The van der Waals surface area contributed by atoms with E-state index in [9.17, 15) is 4.79 Å². The molecule has 2 rings (SSSR count). The Bertz CT molecular complexity index is 382. The predicted octanol–water partition coefficient (Wildman–Crippen LogP) is 1.11. The number of carbonyl (C=O) groups excluding carboxylic acids is 1. The van der Waals surface area contributed by atoms with Crippen molar-refractivity contribution in [3.8, 4) is 5.75 Å². The van der Waals surface area contributed by atoms with Crippen LogP contribution in [-0.4, -0.2) is 19.6 Å². The SMILES string of the molecule is COc1ccc2c(c1)NC(=O)C2CN.Cl. The van der Waals surface area contributed by atoms with E-state index >= 15 is 0 Å². The second kappa shape index (κ2) is 4.51. The van der Waals surface area contributed by atoms with E-state index in [-0.39, 0.29) is 24.2 Å². The molecule has 15 heavy (non-hydrogen) atoms. The summed E-state index contributed by atoms with van der Waals surface area (Å²) in [5, 5.41) is 2.77. The van der Waals surface area contributed by atoms with E-state index in [0.29, 0.717) is 6.54 Å². The van der Waals surface area contributed by atoms with E-state index in [1.807, 2.05) is 18.2 Å². The maximum Gasteiger partial charge on any atom is 0.233 e. The second-order valence-corrected chi connectivity index (χ2v) is 3.23. The van der Waals surface area contributed by atoms with E-state index in [1.54, 1.807) is 7.11 Å². The average molecular weight is 229 g/mol. The van der Waals surface area contributed by atoms with Gasteiger partial charge in [-0.05, 0) is 11.6 Å². The molecule has 0 saturated carbocycles. The van der Waals surface area contributed by atoms with Crippen molar-refractivity contribution < 1.29 is 9.53 Å². The van der Waals surface area contributed by atoms with E-state index in [1.165, 1.54) is 0 Å². The van der Waals surface area contributed by atoms with Gasteiger partial charge in [-0.3, -0.25) is 4.79 Å². The quantitative estimate of drug-likeness (QED) is 0.797. The number of hydrogen-bond donors (Lipinski definition) is 2. The summed E-state index contributed by atoms with van der Waals surface area (Å²) in [6.45, 7) is 0.338. The number of nitrogens with one attached hydrogen (secondary N) is 1. The Kier molecular flexibility index (Phi) is 3.55. The number of halogens is 1. The van der Waals surface area contributed by atoms with Crippen LogP contribution in [0.5, 0.6) is 5.75 Å². The Labute approximate surface area is 94.2 Å². The number of ether oxygens (including phenoxy) is 1. The lowest BCUT2D eigenvalue weighted by Gasteiger charge is -2.05. The molecule has 0 aliphatic carbocycles. The number of hydrogen-bond acceptors (Lipinski definition) is 3. The lowest BCUT2D eigenvalue weighted by atomic mass is 10.0. The monoisotopic (exact) mass is 228 g/mol. The molecule has 0 bridgehead atoms. The van der Waals surface area contributed by atoms with Gasteiger partial charge in [0.2, 0.25) is 5.91 Å². The molecule has 0 radical (unpaired) electrons. The number of anilines is 1. The summed E-state index contributed by atoms with van der Waals surface area (Å²) in [7, 11) is 1.60. The highest BCUT2D eigenvalue weighted by molar-refractivity contribution is 6.03. The van der Waals surface area contributed by atoms with Gasteiger partial charge in [-0.2, -0.15) is 0 Å². The second-order valence-electron chi connectivity index (χ2n) is 3.23. The summed E-state index contributed by atoms with van der Waals surface area (Å²) < 4.78 is 5.06. The first-order chi connectivity index (χ1) is 6.76. The first-order valence-corrected chi connectivity index (χ1v) is 4.45. The van der Waals surface area contributed by atoms with Crippen molar-refractivity contribution in [2.45, 2.75) is 5.92 Å². The Morgan fingerprint density at radius 3 is 2.87 bits per heavy atom. The molecule has 0 spiro atoms. The van der Waals surface area contributed by atoms with E-state index in [2.05, 4.69) is 5.32 Å². The van der Waals surface area contributed by atoms with Gasteiger partial charge in [0.15, 0.2) is 0 Å². The standard InChI is InChI=1S/C10H12N2O2.ClH/c1-14-6-2-3-7-8(5-11)10(13)12-9(7)4-6;/h2-4,8H,5,11H2,1H3,(H,12,13);1H. The van der Waals surface area contributed by atoms with E-state index in [0.717, 1.165) is 17.0 Å². The molecule has 1 heterocycles. The van der Waals surface area contributed by atoms with Gasteiger partial charge in [-0.15, -0.1) is 12.4 Å². The van der Waals surface area contributed by atoms with Gasteiger partial charge in [0, 0.05) is 18.3 Å². The molecule has 1 aromatic carbocycles. The lowest BCUT2D eigenvalue weighted by Crippen LogP contribution is -2.20. The molecule has 1 aromatic rings. The third kappa shape index (κ3) is 1.91. The summed E-state index contributed by atoms with van der Waals surface area (Å²) in [4.78, 5) is 11.4. The number of carbonyl (C=O) groups is 1. The van der Waals surface area contributed by atoms with Crippen LogP contribution in [0.4, 0.5) is 5.69 Å². The molecule has 5 heteroatoms. The lowest BCUT2D eigenvalue weighted by molar-refractivity contribution is -0.116. The van der Waals surface area contributed by atoms with Gasteiger partial charge >= 0.3 is 0 Å². The summed E-state index contributed by atoms with van der Waals surface area (Å²) >= 11 is 0. The molecule has 1 atom stereocenters. The highest BCUT2D eigenvalue weighted by atomic mass is 35.5. The maximum atomic E-state index is 11.4. The van der Waals surface area contributed by atoms with Gasteiger partial charge in [-0.1, -0.05) is 6.07 Å². The largest absolute Gasteiger partial charge is 0.497 e. The molecule has 1 unspecified atom stereocenters. The van der Waals surface area contributed by atoms with Gasteiger partial charge in [0.05, 0.1) is 13.0 Å². The normalized spacial score (nSPS) is 17.7. The average Bonchev–Trinajstić information content (AvgIpc) is 2.51. The molecule has 1 aliphatic rings. The number of methoxy groups -OCH3 is 1. The summed E-state index contributed by atoms with van der Waals surface area (Å²) in [6, 6.07) is 5.52.